The highest BCUT2D eigenvalue weighted by atomic mass is 15.2. The third kappa shape index (κ3) is 2.53. The first-order valence-electron chi connectivity index (χ1n) is 7.45. The van der Waals surface area contributed by atoms with Crippen LogP contribution in [0.2, 0.25) is 0 Å². The smallest absolute Gasteiger partial charge is 0.136 e. The molecule has 1 saturated carbocycles. The molecule has 2 aliphatic rings. The predicted octanol–water partition coefficient (Wildman–Crippen LogP) is 2.81. The summed E-state index contributed by atoms with van der Waals surface area (Å²) < 4.78 is 0. The Morgan fingerprint density at radius 3 is 2.63 bits per heavy atom. The third-order valence-corrected chi connectivity index (χ3v) is 4.58. The summed E-state index contributed by atoms with van der Waals surface area (Å²) in [5.74, 6) is 4.56. The second-order valence-corrected chi connectivity index (χ2v) is 6.49. The highest BCUT2D eigenvalue weighted by Crippen LogP contribution is 2.39. The van der Waals surface area contributed by atoms with Gasteiger partial charge in [-0.25, -0.2) is 9.97 Å². The van der Waals surface area contributed by atoms with Gasteiger partial charge in [-0.2, -0.15) is 0 Å². The molecule has 2 N–H and O–H groups in total. The molecule has 0 aromatic carbocycles. The largest absolute Gasteiger partial charge is 0.384 e. The maximum atomic E-state index is 5.97. The molecule has 0 spiro atoms. The van der Waals surface area contributed by atoms with Crippen molar-refractivity contribution in [2.24, 2.45) is 11.8 Å². The molecule has 4 nitrogen and oxygen atoms in total. The molecule has 4 heteroatoms. The summed E-state index contributed by atoms with van der Waals surface area (Å²) in [7, 11) is 0. The molecular formula is C15H24N4. The second kappa shape index (κ2) is 4.66. The van der Waals surface area contributed by atoms with Crippen molar-refractivity contribution < 1.29 is 0 Å². The highest BCUT2D eigenvalue weighted by Gasteiger charge is 2.32. The maximum absolute atomic E-state index is 5.97. The van der Waals surface area contributed by atoms with E-state index in [1.54, 1.807) is 0 Å². The molecule has 1 aromatic heterocycles. The van der Waals surface area contributed by atoms with Crippen LogP contribution in [0.25, 0.3) is 0 Å². The van der Waals surface area contributed by atoms with Gasteiger partial charge in [-0.05, 0) is 38.0 Å². The maximum Gasteiger partial charge on any atom is 0.136 e. The number of rotatable bonds is 2. The molecular weight excluding hydrogens is 236 g/mol. The van der Waals surface area contributed by atoms with E-state index in [4.69, 9.17) is 10.7 Å². The minimum atomic E-state index is 0.526. The van der Waals surface area contributed by atoms with Gasteiger partial charge in [0.15, 0.2) is 0 Å². The quantitative estimate of drug-likeness (QED) is 0.888. The van der Waals surface area contributed by atoms with Crippen molar-refractivity contribution in [3.8, 4) is 0 Å². The molecule has 104 valence electrons. The highest BCUT2D eigenvalue weighted by molar-refractivity contribution is 5.49. The fourth-order valence-electron chi connectivity index (χ4n) is 3.16. The topological polar surface area (TPSA) is 55.0 Å². The summed E-state index contributed by atoms with van der Waals surface area (Å²) in [6.07, 6.45) is 3.73. The lowest BCUT2D eigenvalue weighted by Gasteiger charge is -2.42. The standard InChI is InChI=1S/C15H24N4/c1-9-6-10(2)11(3)19(8-9)14-7-13(16)17-15(18-14)12-4-5-12/h7,9-12H,4-6,8H2,1-3H3,(H2,16,17,18). The molecule has 3 rings (SSSR count). The summed E-state index contributed by atoms with van der Waals surface area (Å²) in [6.45, 7) is 8.03. The summed E-state index contributed by atoms with van der Waals surface area (Å²) >= 11 is 0. The Bertz CT molecular complexity index is 469. The van der Waals surface area contributed by atoms with Crippen LogP contribution < -0.4 is 10.6 Å². The van der Waals surface area contributed by atoms with Crippen LogP contribution in [0.1, 0.15) is 51.8 Å². The molecule has 1 saturated heterocycles. The molecule has 0 bridgehead atoms. The van der Waals surface area contributed by atoms with Crippen LogP contribution in [-0.4, -0.2) is 22.6 Å². The van der Waals surface area contributed by atoms with Crippen molar-refractivity contribution in [2.75, 3.05) is 17.2 Å². The van der Waals surface area contributed by atoms with Crippen LogP contribution in [0.15, 0.2) is 6.07 Å². The summed E-state index contributed by atoms with van der Waals surface area (Å²) in [4.78, 5) is 11.6. The van der Waals surface area contributed by atoms with E-state index in [-0.39, 0.29) is 0 Å². The molecule has 3 unspecified atom stereocenters. The molecule has 1 aliphatic heterocycles. The first-order valence-corrected chi connectivity index (χ1v) is 7.45. The number of hydrogen-bond donors (Lipinski definition) is 1. The Morgan fingerprint density at radius 2 is 1.95 bits per heavy atom. The van der Waals surface area contributed by atoms with E-state index in [1.165, 1.54) is 19.3 Å². The van der Waals surface area contributed by atoms with Gasteiger partial charge in [0.1, 0.15) is 17.5 Å². The van der Waals surface area contributed by atoms with E-state index >= 15 is 0 Å². The average Bonchev–Trinajstić information content (AvgIpc) is 3.17. The van der Waals surface area contributed by atoms with Crippen LogP contribution in [0, 0.1) is 11.8 Å². The zero-order valence-corrected chi connectivity index (χ0v) is 12.1. The third-order valence-electron chi connectivity index (χ3n) is 4.58. The van der Waals surface area contributed by atoms with Crippen LogP contribution in [-0.2, 0) is 0 Å². The normalized spacial score (nSPS) is 31.5. The molecule has 19 heavy (non-hydrogen) atoms. The van der Waals surface area contributed by atoms with Crippen LogP contribution in [0.5, 0.6) is 0 Å². The SMILES string of the molecule is CC1CC(C)C(C)N(c2cc(N)nc(C3CC3)n2)C1. The van der Waals surface area contributed by atoms with Crippen molar-refractivity contribution in [3.05, 3.63) is 11.9 Å². The van der Waals surface area contributed by atoms with Gasteiger partial charge in [0.25, 0.3) is 0 Å². The van der Waals surface area contributed by atoms with Crippen LogP contribution in [0.4, 0.5) is 11.6 Å². The van der Waals surface area contributed by atoms with E-state index in [0.29, 0.717) is 29.6 Å². The molecule has 2 fully saturated rings. The number of nitrogen functional groups attached to an aromatic ring is 1. The van der Waals surface area contributed by atoms with Gasteiger partial charge in [0.2, 0.25) is 0 Å². The zero-order chi connectivity index (χ0) is 13.6. The summed E-state index contributed by atoms with van der Waals surface area (Å²) in [5.41, 5.74) is 5.97. The Morgan fingerprint density at radius 1 is 1.21 bits per heavy atom. The molecule has 2 heterocycles. The Balaban J connectivity index is 1.91. The minimum Gasteiger partial charge on any atom is -0.384 e. The fraction of sp³-hybridized carbons (Fsp3) is 0.733. The first kappa shape index (κ1) is 12.7. The molecule has 0 radical (unpaired) electrons. The van der Waals surface area contributed by atoms with Crippen molar-refractivity contribution in [3.63, 3.8) is 0 Å². The van der Waals surface area contributed by atoms with E-state index < -0.39 is 0 Å². The Hall–Kier alpha value is -1.32. The van der Waals surface area contributed by atoms with E-state index in [9.17, 15) is 0 Å². The lowest BCUT2D eigenvalue weighted by molar-refractivity contribution is 0.295. The van der Waals surface area contributed by atoms with Crippen molar-refractivity contribution >= 4 is 11.6 Å². The zero-order valence-electron chi connectivity index (χ0n) is 12.1. The van der Waals surface area contributed by atoms with Crippen molar-refractivity contribution in [2.45, 2.75) is 52.0 Å². The lowest BCUT2D eigenvalue weighted by Crippen LogP contribution is -2.46. The van der Waals surface area contributed by atoms with Gasteiger partial charge < -0.3 is 10.6 Å². The van der Waals surface area contributed by atoms with E-state index in [2.05, 4.69) is 30.7 Å². The second-order valence-electron chi connectivity index (χ2n) is 6.49. The Labute approximate surface area is 115 Å². The Kier molecular flexibility index (Phi) is 3.11. The number of nitrogens with two attached hydrogens (primary N) is 1. The number of hydrogen-bond acceptors (Lipinski definition) is 4. The van der Waals surface area contributed by atoms with Crippen molar-refractivity contribution in [1.29, 1.82) is 0 Å². The van der Waals surface area contributed by atoms with Gasteiger partial charge >= 0.3 is 0 Å². The molecule has 3 atom stereocenters. The van der Waals surface area contributed by atoms with Crippen LogP contribution >= 0.6 is 0 Å². The lowest BCUT2D eigenvalue weighted by atomic mass is 9.86. The number of piperidine rings is 1. The minimum absolute atomic E-state index is 0.526. The van der Waals surface area contributed by atoms with Crippen molar-refractivity contribution in [1.82, 2.24) is 9.97 Å². The number of aromatic nitrogens is 2. The van der Waals surface area contributed by atoms with E-state index in [1.807, 2.05) is 6.07 Å². The van der Waals surface area contributed by atoms with Gasteiger partial charge in [-0.15, -0.1) is 0 Å². The summed E-state index contributed by atoms with van der Waals surface area (Å²) in [6, 6.07) is 2.46. The predicted molar refractivity (Wildman–Crippen MR) is 78.2 cm³/mol. The van der Waals surface area contributed by atoms with Crippen LogP contribution in [0.3, 0.4) is 0 Å². The van der Waals surface area contributed by atoms with Gasteiger partial charge in [-0.1, -0.05) is 13.8 Å². The van der Waals surface area contributed by atoms with Gasteiger partial charge in [0, 0.05) is 24.6 Å². The number of nitrogens with zero attached hydrogens (tertiary/aromatic N) is 3. The molecule has 0 amide bonds. The monoisotopic (exact) mass is 260 g/mol. The van der Waals surface area contributed by atoms with E-state index in [0.717, 1.165) is 18.2 Å². The average molecular weight is 260 g/mol. The molecule has 1 aromatic rings. The first-order chi connectivity index (χ1) is 9.04. The molecule has 1 aliphatic carbocycles. The fourth-order valence-corrected chi connectivity index (χ4v) is 3.16. The number of anilines is 2. The van der Waals surface area contributed by atoms with Gasteiger partial charge in [0.05, 0.1) is 0 Å². The summed E-state index contributed by atoms with van der Waals surface area (Å²) in [5, 5.41) is 0. The van der Waals surface area contributed by atoms with Gasteiger partial charge in [-0.3, -0.25) is 0 Å².